The van der Waals surface area contributed by atoms with Gasteiger partial charge in [-0.15, -0.1) is 0 Å². The monoisotopic (exact) mass is 972 g/mol. The van der Waals surface area contributed by atoms with Gasteiger partial charge >= 0.3 is 0 Å². The van der Waals surface area contributed by atoms with Gasteiger partial charge in [-0.3, -0.25) is 0 Å². The predicted octanol–water partition coefficient (Wildman–Crippen LogP) is 17.9. The normalized spacial score (nSPS) is 13.9. The number of anilines is 9. The van der Waals surface area contributed by atoms with E-state index < -0.39 is 0 Å². The summed E-state index contributed by atoms with van der Waals surface area (Å²) >= 11 is 0. The van der Waals surface area contributed by atoms with Crippen molar-refractivity contribution in [1.29, 1.82) is 0 Å². The van der Waals surface area contributed by atoms with E-state index in [1.807, 2.05) is 0 Å². The molecule has 2 aliphatic heterocycles. The molecule has 0 N–H and O–H groups in total. The fraction of sp³-hybridized carbons (Fsp3) is 0.304. The Kier molecular flexibility index (Phi) is 11.3. The van der Waals surface area contributed by atoms with Crippen LogP contribution in [0.1, 0.15) is 137 Å². The highest BCUT2D eigenvalue weighted by Crippen LogP contribution is 2.52. The first-order valence-corrected chi connectivity index (χ1v) is 26.9. The average molecular weight is 972 g/mol. The molecule has 8 aromatic carbocycles. The van der Waals surface area contributed by atoms with Crippen molar-refractivity contribution in [3.8, 4) is 0 Å². The van der Waals surface area contributed by atoms with E-state index in [2.05, 4.69) is 283 Å². The van der Waals surface area contributed by atoms with Crippen LogP contribution in [0.3, 0.4) is 0 Å². The SMILES string of the molecule is Cc1cc2c3c(c1)N(c1ccc(C(C)(C)C)cc1)c1c(cc(N(c4ccc(C(C)(C)C)cc4)c4ccc(C(C)(C)C)cc4)c4oc5ccccc5c14)B3c1cc(C(C)(C)C)ccc1N2c1ccc(C(C)(C)C)cc1. The Bertz CT molecular complexity index is 3560. The van der Waals surface area contributed by atoms with Crippen molar-refractivity contribution in [2.75, 3.05) is 14.7 Å². The molecule has 0 amide bonds. The molecule has 0 aliphatic carbocycles. The summed E-state index contributed by atoms with van der Waals surface area (Å²) in [5.41, 5.74) is 23.4. The number of nitrogens with zero attached hydrogens (tertiary/aromatic N) is 3. The fourth-order valence-corrected chi connectivity index (χ4v) is 11.5. The lowest BCUT2D eigenvalue weighted by molar-refractivity contribution is 0.590. The molecule has 11 rings (SSSR count). The largest absolute Gasteiger partial charge is 0.454 e. The van der Waals surface area contributed by atoms with Crippen LogP contribution in [-0.2, 0) is 27.1 Å². The lowest BCUT2D eigenvalue weighted by Gasteiger charge is -2.45. The number of hydrogen-bond acceptors (Lipinski definition) is 4. The minimum absolute atomic E-state index is 0.00364. The highest BCUT2D eigenvalue weighted by molar-refractivity contribution is 7.00. The van der Waals surface area contributed by atoms with Crippen molar-refractivity contribution in [2.24, 2.45) is 0 Å². The standard InChI is InChI=1S/C69H74BN3O/c1-43-39-57-62-58(40-43)73(52-36-27-47(28-37-52)68(11,12)13)63-55(70(62)54-41-48(69(14,15)16)29-38-56(54)72(57)51-34-25-46(26-35-51)67(8,9)10)42-59(64-61(63)53-19-17-18-20-60(53)74-64)71(49-30-21-44(22-31-49)65(2,3)4)50-32-23-45(24-33-50)66(5,6)7/h17-42H,1-16H3. The quantitative estimate of drug-likeness (QED) is 0.160. The van der Waals surface area contributed by atoms with Gasteiger partial charge in [-0.05, 0) is 163 Å². The summed E-state index contributed by atoms with van der Waals surface area (Å²) in [4.78, 5) is 7.59. The summed E-state index contributed by atoms with van der Waals surface area (Å²) in [6, 6.07) is 60.5. The average Bonchev–Trinajstić information content (AvgIpc) is 3.77. The molecule has 0 radical (unpaired) electrons. The molecule has 0 spiro atoms. The molecule has 74 heavy (non-hydrogen) atoms. The number of aryl methyl sites for hydroxylation is 1. The van der Waals surface area contributed by atoms with Gasteiger partial charge in [0.2, 0.25) is 0 Å². The highest BCUT2D eigenvalue weighted by Gasteiger charge is 2.46. The van der Waals surface area contributed by atoms with Crippen LogP contribution >= 0.6 is 0 Å². The second kappa shape index (κ2) is 17.0. The van der Waals surface area contributed by atoms with Crippen molar-refractivity contribution in [3.63, 3.8) is 0 Å². The molecule has 0 fully saturated rings. The first-order valence-electron chi connectivity index (χ1n) is 26.9. The van der Waals surface area contributed by atoms with Crippen LogP contribution in [0, 0.1) is 6.92 Å². The second-order valence-corrected chi connectivity index (χ2v) is 26.5. The maximum absolute atomic E-state index is 7.36. The Morgan fingerprint density at radius 2 is 0.851 bits per heavy atom. The molecule has 1 aromatic heterocycles. The van der Waals surface area contributed by atoms with E-state index in [1.54, 1.807) is 0 Å². The van der Waals surface area contributed by atoms with Crippen molar-refractivity contribution < 1.29 is 4.42 Å². The van der Waals surface area contributed by atoms with Gasteiger partial charge in [0.25, 0.3) is 6.71 Å². The molecule has 0 atom stereocenters. The van der Waals surface area contributed by atoms with Crippen molar-refractivity contribution in [3.05, 3.63) is 191 Å². The third-order valence-electron chi connectivity index (χ3n) is 15.9. The molecule has 9 aromatic rings. The fourth-order valence-electron chi connectivity index (χ4n) is 11.5. The molecule has 0 unspecified atom stereocenters. The molecule has 4 nitrogen and oxygen atoms in total. The molecule has 0 saturated heterocycles. The Labute approximate surface area is 442 Å². The van der Waals surface area contributed by atoms with Gasteiger partial charge in [-0.2, -0.15) is 0 Å². The van der Waals surface area contributed by atoms with Crippen molar-refractivity contribution >= 4 is 96.2 Å². The van der Waals surface area contributed by atoms with Crippen molar-refractivity contribution in [2.45, 2.75) is 138 Å². The first kappa shape index (κ1) is 49.2. The van der Waals surface area contributed by atoms with Crippen LogP contribution in [0.4, 0.5) is 51.2 Å². The first-order chi connectivity index (χ1) is 34.8. The molecular formula is C69H74BN3O. The van der Waals surface area contributed by atoms with Gasteiger partial charge < -0.3 is 19.1 Å². The molecule has 0 saturated carbocycles. The lowest BCUT2D eigenvalue weighted by Crippen LogP contribution is -2.61. The van der Waals surface area contributed by atoms with E-state index in [1.165, 1.54) is 66.8 Å². The van der Waals surface area contributed by atoms with Crippen LogP contribution in [0.2, 0.25) is 0 Å². The number of para-hydroxylation sites is 1. The summed E-state index contributed by atoms with van der Waals surface area (Å²) in [5, 5.41) is 2.21. The summed E-state index contributed by atoms with van der Waals surface area (Å²) < 4.78 is 7.36. The predicted molar refractivity (Wildman–Crippen MR) is 321 cm³/mol. The van der Waals surface area contributed by atoms with Gasteiger partial charge in [0, 0.05) is 45.2 Å². The van der Waals surface area contributed by atoms with Crippen LogP contribution in [0.5, 0.6) is 0 Å². The van der Waals surface area contributed by atoms with E-state index in [-0.39, 0.29) is 33.8 Å². The third-order valence-corrected chi connectivity index (χ3v) is 15.9. The molecule has 2 aliphatic rings. The Hall–Kier alpha value is -6.98. The van der Waals surface area contributed by atoms with Crippen LogP contribution in [-0.4, -0.2) is 6.71 Å². The summed E-state index contributed by atoms with van der Waals surface area (Å²) in [6.45, 7) is 36.7. The molecule has 374 valence electrons. The van der Waals surface area contributed by atoms with Gasteiger partial charge in [-0.25, -0.2) is 0 Å². The van der Waals surface area contributed by atoms with Crippen molar-refractivity contribution in [1.82, 2.24) is 0 Å². The number of hydrogen-bond donors (Lipinski definition) is 0. The zero-order valence-corrected chi connectivity index (χ0v) is 46.8. The van der Waals surface area contributed by atoms with Crippen LogP contribution in [0.25, 0.3) is 21.9 Å². The lowest BCUT2D eigenvalue weighted by atomic mass is 9.33. The van der Waals surface area contributed by atoms with Crippen LogP contribution < -0.4 is 31.1 Å². The second-order valence-electron chi connectivity index (χ2n) is 26.5. The van der Waals surface area contributed by atoms with E-state index >= 15 is 0 Å². The maximum Gasteiger partial charge on any atom is 0.252 e. The molecule has 0 bridgehead atoms. The highest BCUT2D eigenvalue weighted by atomic mass is 16.3. The van der Waals surface area contributed by atoms with Gasteiger partial charge in [0.15, 0.2) is 5.58 Å². The van der Waals surface area contributed by atoms with E-state index in [0.29, 0.717) is 0 Å². The minimum atomic E-state index is -0.131. The van der Waals surface area contributed by atoms with E-state index in [0.717, 1.165) is 56.1 Å². The Morgan fingerprint density at radius 3 is 1.34 bits per heavy atom. The Balaban J connectivity index is 1.29. The number of benzene rings is 8. The van der Waals surface area contributed by atoms with Crippen LogP contribution in [0.15, 0.2) is 162 Å². The molecule has 3 heterocycles. The zero-order chi connectivity index (χ0) is 52.6. The van der Waals surface area contributed by atoms with E-state index in [9.17, 15) is 0 Å². The minimum Gasteiger partial charge on any atom is -0.454 e. The summed E-state index contributed by atoms with van der Waals surface area (Å²) in [5.74, 6) is 0. The van der Waals surface area contributed by atoms with Gasteiger partial charge in [0.05, 0.1) is 16.8 Å². The summed E-state index contributed by atoms with van der Waals surface area (Å²) in [6.07, 6.45) is 0. The van der Waals surface area contributed by atoms with Gasteiger partial charge in [-0.1, -0.05) is 183 Å². The maximum atomic E-state index is 7.36. The third kappa shape index (κ3) is 8.32. The smallest absolute Gasteiger partial charge is 0.252 e. The molecule has 5 heteroatoms. The Morgan fingerprint density at radius 1 is 0.419 bits per heavy atom. The topological polar surface area (TPSA) is 22.9 Å². The number of rotatable bonds is 5. The number of furan rings is 1. The zero-order valence-electron chi connectivity index (χ0n) is 46.8. The molecular weight excluding hydrogens is 898 g/mol. The summed E-state index contributed by atoms with van der Waals surface area (Å²) in [7, 11) is 0. The van der Waals surface area contributed by atoms with E-state index in [4.69, 9.17) is 4.42 Å². The number of fused-ring (bicyclic) bond motifs is 8. The van der Waals surface area contributed by atoms with Gasteiger partial charge in [0.1, 0.15) is 5.58 Å².